The Kier molecular flexibility index (Phi) is 3.16. The molecule has 5 heteroatoms. The number of hydrogen-bond donors (Lipinski definition) is 1. The molecule has 16 heavy (non-hydrogen) atoms. The Morgan fingerprint density at radius 1 is 1.25 bits per heavy atom. The van der Waals surface area contributed by atoms with Gasteiger partial charge < -0.3 is 5.11 Å². The van der Waals surface area contributed by atoms with E-state index in [0.29, 0.717) is 23.5 Å². The fraction of sp³-hybridized carbons (Fsp3) is 0.182. The Morgan fingerprint density at radius 3 is 2.81 bits per heavy atom. The number of rotatable bonds is 3. The molecule has 0 aliphatic carbocycles. The molecular formula is C11H10FN3O. The van der Waals surface area contributed by atoms with Crippen LogP contribution in [0.3, 0.4) is 0 Å². The molecular weight excluding hydrogens is 209 g/mol. The number of nitrogens with zero attached hydrogens (tertiary/aromatic N) is 3. The summed E-state index contributed by atoms with van der Waals surface area (Å²) in [4.78, 5) is 4.12. The van der Waals surface area contributed by atoms with Crippen molar-refractivity contribution in [1.82, 2.24) is 15.2 Å². The molecule has 1 N–H and O–H groups in total. The first-order chi connectivity index (χ1) is 7.81. The Labute approximate surface area is 91.8 Å². The van der Waals surface area contributed by atoms with Crippen LogP contribution >= 0.6 is 0 Å². The van der Waals surface area contributed by atoms with Gasteiger partial charge in [0, 0.05) is 12.0 Å². The molecule has 1 heterocycles. The molecule has 1 aromatic heterocycles. The van der Waals surface area contributed by atoms with E-state index in [-0.39, 0.29) is 12.4 Å². The SMILES string of the molecule is OCCc1nncc(-c2ccccc2F)n1. The van der Waals surface area contributed by atoms with Crippen LogP contribution in [0, 0.1) is 5.82 Å². The smallest absolute Gasteiger partial charge is 0.153 e. The number of hydrogen-bond acceptors (Lipinski definition) is 4. The molecule has 0 bridgehead atoms. The van der Waals surface area contributed by atoms with Crippen LogP contribution < -0.4 is 0 Å². The summed E-state index contributed by atoms with van der Waals surface area (Å²) in [5.41, 5.74) is 0.813. The molecule has 0 aliphatic rings. The molecule has 0 atom stereocenters. The van der Waals surface area contributed by atoms with Gasteiger partial charge in [-0.05, 0) is 12.1 Å². The van der Waals surface area contributed by atoms with Gasteiger partial charge in [-0.3, -0.25) is 0 Å². The van der Waals surface area contributed by atoms with Gasteiger partial charge in [0.05, 0.1) is 18.5 Å². The minimum atomic E-state index is -0.349. The lowest BCUT2D eigenvalue weighted by atomic mass is 10.1. The largest absolute Gasteiger partial charge is 0.396 e. The van der Waals surface area contributed by atoms with E-state index in [4.69, 9.17) is 5.11 Å². The van der Waals surface area contributed by atoms with E-state index in [9.17, 15) is 4.39 Å². The van der Waals surface area contributed by atoms with Crippen molar-refractivity contribution < 1.29 is 9.50 Å². The van der Waals surface area contributed by atoms with E-state index in [1.54, 1.807) is 18.2 Å². The Hall–Kier alpha value is -1.88. The van der Waals surface area contributed by atoms with Crippen molar-refractivity contribution in [3.8, 4) is 11.3 Å². The Morgan fingerprint density at radius 2 is 2.06 bits per heavy atom. The highest BCUT2D eigenvalue weighted by Crippen LogP contribution is 2.19. The first-order valence-electron chi connectivity index (χ1n) is 4.85. The van der Waals surface area contributed by atoms with Gasteiger partial charge in [0.2, 0.25) is 0 Å². The first kappa shape index (κ1) is 10.6. The van der Waals surface area contributed by atoms with E-state index in [0.717, 1.165) is 0 Å². The van der Waals surface area contributed by atoms with Gasteiger partial charge in [0.25, 0.3) is 0 Å². The van der Waals surface area contributed by atoms with Crippen LogP contribution in [0.5, 0.6) is 0 Å². The van der Waals surface area contributed by atoms with Crippen LogP contribution in [0.4, 0.5) is 4.39 Å². The maximum atomic E-state index is 13.5. The summed E-state index contributed by atoms with van der Waals surface area (Å²) in [7, 11) is 0. The number of aromatic nitrogens is 3. The number of aliphatic hydroxyl groups excluding tert-OH is 1. The van der Waals surface area contributed by atoms with Gasteiger partial charge in [-0.15, -0.1) is 5.10 Å². The zero-order valence-electron chi connectivity index (χ0n) is 8.47. The zero-order chi connectivity index (χ0) is 11.4. The third-order valence-electron chi connectivity index (χ3n) is 2.09. The van der Waals surface area contributed by atoms with Gasteiger partial charge in [-0.2, -0.15) is 5.10 Å². The molecule has 0 unspecified atom stereocenters. The van der Waals surface area contributed by atoms with Crippen LogP contribution in [0.15, 0.2) is 30.5 Å². The van der Waals surface area contributed by atoms with Crippen molar-refractivity contribution in [3.63, 3.8) is 0 Å². The van der Waals surface area contributed by atoms with E-state index in [1.807, 2.05) is 0 Å². The summed E-state index contributed by atoms with van der Waals surface area (Å²) in [6, 6.07) is 6.33. The van der Waals surface area contributed by atoms with E-state index in [1.165, 1.54) is 12.3 Å². The topological polar surface area (TPSA) is 58.9 Å². The van der Waals surface area contributed by atoms with Crippen molar-refractivity contribution >= 4 is 0 Å². The van der Waals surface area contributed by atoms with Crippen molar-refractivity contribution in [1.29, 1.82) is 0 Å². The van der Waals surface area contributed by atoms with Crippen LogP contribution in [0.2, 0.25) is 0 Å². The third kappa shape index (κ3) is 2.20. The molecule has 1 aromatic carbocycles. The number of benzene rings is 1. The highest BCUT2D eigenvalue weighted by atomic mass is 19.1. The standard InChI is InChI=1S/C11H10FN3O/c12-9-4-2-1-3-8(9)10-7-13-15-11(14-10)5-6-16/h1-4,7,16H,5-6H2. The van der Waals surface area contributed by atoms with Crippen molar-refractivity contribution in [2.45, 2.75) is 6.42 Å². The van der Waals surface area contributed by atoms with Gasteiger partial charge in [0.15, 0.2) is 5.82 Å². The number of aliphatic hydroxyl groups is 1. The minimum Gasteiger partial charge on any atom is -0.396 e. The molecule has 0 spiro atoms. The fourth-order valence-corrected chi connectivity index (χ4v) is 1.35. The zero-order valence-corrected chi connectivity index (χ0v) is 8.47. The summed E-state index contributed by atoms with van der Waals surface area (Å²) in [6.07, 6.45) is 1.72. The van der Waals surface area contributed by atoms with Crippen molar-refractivity contribution in [2.75, 3.05) is 6.61 Å². The average molecular weight is 219 g/mol. The molecule has 0 saturated heterocycles. The molecule has 2 rings (SSSR count). The van der Waals surface area contributed by atoms with Gasteiger partial charge in [-0.1, -0.05) is 12.1 Å². The lowest BCUT2D eigenvalue weighted by Crippen LogP contribution is -2.02. The predicted octanol–water partition coefficient (Wildman–Crippen LogP) is 1.21. The van der Waals surface area contributed by atoms with E-state index in [2.05, 4.69) is 15.2 Å². The summed E-state index contributed by atoms with van der Waals surface area (Å²) >= 11 is 0. The highest BCUT2D eigenvalue weighted by Gasteiger charge is 2.07. The molecule has 2 aromatic rings. The van der Waals surface area contributed by atoms with Crippen LogP contribution in [-0.2, 0) is 6.42 Å². The highest BCUT2D eigenvalue weighted by molar-refractivity contribution is 5.58. The Balaban J connectivity index is 2.40. The molecule has 0 fully saturated rings. The summed E-state index contributed by atoms with van der Waals surface area (Å²) in [6.45, 7) is -0.0532. The second kappa shape index (κ2) is 4.76. The van der Waals surface area contributed by atoms with Crippen molar-refractivity contribution in [2.24, 2.45) is 0 Å². The Bertz CT molecular complexity index is 490. The normalized spacial score (nSPS) is 10.4. The number of halogens is 1. The second-order valence-electron chi connectivity index (χ2n) is 3.21. The maximum absolute atomic E-state index is 13.5. The minimum absolute atomic E-state index is 0.0532. The second-order valence-corrected chi connectivity index (χ2v) is 3.21. The maximum Gasteiger partial charge on any atom is 0.153 e. The van der Waals surface area contributed by atoms with Crippen LogP contribution in [0.25, 0.3) is 11.3 Å². The molecule has 0 radical (unpaired) electrons. The van der Waals surface area contributed by atoms with E-state index >= 15 is 0 Å². The third-order valence-corrected chi connectivity index (χ3v) is 2.09. The van der Waals surface area contributed by atoms with Crippen molar-refractivity contribution in [3.05, 3.63) is 42.1 Å². The summed E-state index contributed by atoms with van der Waals surface area (Å²) in [5.74, 6) is 0.0567. The lowest BCUT2D eigenvalue weighted by Gasteiger charge is -2.02. The lowest BCUT2D eigenvalue weighted by molar-refractivity contribution is 0.296. The summed E-state index contributed by atoms with van der Waals surface area (Å²) in [5, 5.41) is 16.2. The molecule has 82 valence electrons. The van der Waals surface area contributed by atoms with E-state index < -0.39 is 0 Å². The predicted molar refractivity (Wildman–Crippen MR) is 56.0 cm³/mol. The van der Waals surface area contributed by atoms with Gasteiger partial charge in [0.1, 0.15) is 5.82 Å². The van der Waals surface area contributed by atoms with Gasteiger partial charge in [-0.25, -0.2) is 9.37 Å². The van der Waals surface area contributed by atoms with Crippen LogP contribution in [-0.4, -0.2) is 26.9 Å². The molecule has 0 aliphatic heterocycles. The molecule has 0 saturated carbocycles. The quantitative estimate of drug-likeness (QED) is 0.843. The molecule has 4 nitrogen and oxygen atoms in total. The summed E-state index contributed by atoms with van der Waals surface area (Å²) < 4.78 is 13.5. The first-order valence-corrected chi connectivity index (χ1v) is 4.85. The van der Waals surface area contributed by atoms with Crippen LogP contribution in [0.1, 0.15) is 5.82 Å². The molecule has 0 amide bonds. The average Bonchev–Trinajstić information content (AvgIpc) is 2.30. The fourth-order valence-electron chi connectivity index (χ4n) is 1.35. The monoisotopic (exact) mass is 219 g/mol. The van der Waals surface area contributed by atoms with Gasteiger partial charge >= 0.3 is 0 Å².